The van der Waals surface area contributed by atoms with Crippen LogP contribution in [0.3, 0.4) is 0 Å². The number of aryl methyl sites for hydroxylation is 1. The van der Waals surface area contributed by atoms with Gasteiger partial charge in [0.05, 0.1) is 17.9 Å². The molecule has 2 aliphatic rings. The number of aromatic nitrogens is 1. The highest BCUT2D eigenvalue weighted by molar-refractivity contribution is 5.55. The molecule has 3 heterocycles. The van der Waals surface area contributed by atoms with Crippen LogP contribution >= 0.6 is 0 Å². The van der Waals surface area contributed by atoms with Gasteiger partial charge < -0.3 is 15.0 Å². The van der Waals surface area contributed by atoms with Crippen LogP contribution in [-0.2, 0) is 0 Å². The molecule has 154 valence electrons. The Kier molecular flexibility index (Phi) is 4.84. The summed E-state index contributed by atoms with van der Waals surface area (Å²) in [5.41, 5.74) is 3.33. The van der Waals surface area contributed by atoms with E-state index in [1.54, 1.807) is 6.92 Å². The molecule has 4 nitrogen and oxygen atoms in total. The quantitative estimate of drug-likeness (QED) is 0.739. The fraction of sp³-hybridized carbons (Fsp3) is 0.350. The summed E-state index contributed by atoms with van der Waals surface area (Å²) in [4.78, 5) is 5.76. The summed E-state index contributed by atoms with van der Waals surface area (Å²) in [5, 5.41) is 3.22. The zero-order valence-corrected chi connectivity index (χ0v) is 15.5. The predicted molar refractivity (Wildman–Crippen MR) is 96.4 cm³/mol. The Morgan fingerprint density at radius 1 is 1.21 bits per heavy atom. The minimum absolute atomic E-state index is 0.0277. The number of hydrogen-bond donors (Lipinski definition) is 1. The monoisotopic (exact) mass is 411 g/mol. The standard InChI is InChI=1S/C20H18F5N3O/c1-11-7-18(29-20(23,24)25)26-9-17(11)28-6-5-15-12(10-28)8-16(27-15)19-13(21)3-2-4-14(19)22/h2-4,7,9,16,27H,5-6,8,10H2,1H3. The lowest BCUT2D eigenvalue weighted by molar-refractivity contribution is -0.276. The fourth-order valence-electron chi connectivity index (χ4n) is 3.95. The molecule has 4 rings (SSSR count). The highest BCUT2D eigenvalue weighted by Gasteiger charge is 2.34. The number of pyridine rings is 1. The molecule has 1 aromatic heterocycles. The summed E-state index contributed by atoms with van der Waals surface area (Å²) in [5.74, 6) is -1.67. The lowest BCUT2D eigenvalue weighted by atomic mass is 9.99. The molecule has 1 aromatic carbocycles. The molecule has 29 heavy (non-hydrogen) atoms. The molecule has 0 spiro atoms. The van der Waals surface area contributed by atoms with Gasteiger partial charge in [-0.1, -0.05) is 6.07 Å². The summed E-state index contributed by atoms with van der Waals surface area (Å²) < 4.78 is 69.2. The molecule has 0 fully saturated rings. The predicted octanol–water partition coefficient (Wildman–Crippen LogP) is 4.77. The molecule has 2 aromatic rings. The Morgan fingerprint density at radius 3 is 2.59 bits per heavy atom. The van der Waals surface area contributed by atoms with Gasteiger partial charge in [-0.15, -0.1) is 13.2 Å². The highest BCUT2D eigenvalue weighted by atomic mass is 19.4. The zero-order valence-electron chi connectivity index (χ0n) is 15.5. The van der Waals surface area contributed by atoms with Gasteiger partial charge in [0.2, 0.25) is 5.88 Å². The maximum Gasteiger partial charge on any atom is 0.574 e. The van der Waals surface area contributed by atoms with E-state index in [1.165, 1.54) is 30.5 Å². The normalized spacial score (nSPS) is 19.2. The van der Waals surface area contributed by atoms with Gasteiger partial charge in [-0.05, 0) is 36.6 Å². The third-order valence-electron chi connectivity index (χ3n) is 5.21. The Bertz CT molecular complexity index is 953. The minimum atomic E-state index is -4.79. The van der Waals surface area contributed by atoms with E-state index in [-0.39, 0.29) is 5.56 Å². The van der Waals surface area contributed by atoms with E-state index in [0.29, 0.717) is 37.2 Å². The third-order valence-corrected chi connectivity index (χ3v) is 5.21. The number of hydrogen-bond acceptors (Lipinski definition) is 4. The highest BCUT2D eigenvalue weighted by Crippen LogP contribution is 2.38. The SMILES string of the molecule is Cc1cc(OC(F)(F)F)ncc1N1CCC2=C(CC(c3c(F)cccc3F)N2)C1. The molecule has 2 aliphatic heterocycles. The number of anilines is 1. The minimum Gasteiger partial charge on any atom is -0.388 e. The number of ether oxygens (including phenoxy) is 1. The van der Waals surface area contributed by atoms with Gasteiger partial charge in [0.25, 0.3) is 0 Å². The molecule has 0 radical (unpaired) electrons. The number of nitrogens with zero attached hydrogens (tertiary/aromatic N) is 2. The third kappa shape index (κ3) is 3.99. The molecular formula is C20H18F5N3O. The van der Waals surface area contributed by atoms with Crippen molar-refractivity contribution >= 4 is 5.69 Å². The van der Waals surface area contributed by atoms with E-state index >= 15 is 0 Å². The first-order valence-corrected chi connectivity index (χ1v) is 9.10. The molecule has 0 amide bonds. The second-order valence-corrected chi connectivity index (χ2v) is 7.15. The summed E-state index contributed by atoms with van der Waals surface area (Å²) >= 11 is 0. The van der Waals surface area contributed by atoms with Gasteiger partial charge in [-0.2, -0.15) is 0 Å². The Labute approximate surface area is 164 Å². The van der Waals surface area contributed by atoms with Crippen molar-refractivity contribution in [3.8, 4) is 5.88 Å². The van der Waals surface area contributed by atoms with Gasteiger partial charge >= 0.3 is 6.36 Å². The van der Waals surface area contributed by atoms with Crippen LogP contribution in [-0.4, -0.2) is 24.4 Å². The van der Waals surface area contributed by atoms with Crippen molar-refractivity contribution < 1.29 is 26.7 Å². The first kappa shape index (κ1) is 19.5. The average Bonchev–Trinajstić information content (AvgIpc) is 3.03. The molecule has 0 bridgehead atoms. The van der Waals surface area contributed by atoms with Crippen molar-refractivity contribution in [1.82, 2.24) is 10.3 Å². The lowest BCUT2D eigenvalue weighted by Crippen LogP contribution is -2.32. The second-order valence-electron chi connectivity index (χ2n) is 7.15. The van der Waals surface area contributed by atoms with E-state index in [0.717, 1.165) is 11.3 Å². The number of rotatable bonds is 3. The van der Waals surface area contributed by atoms with Crippen LogP contribution in [0.4, 0.5) is 27.6 Å². The van der Waals surface area contributed by atoms with E-state index < -0.39 is 29.9 Å². The topological polar surface area (TPSA) is 37.4 Å². The van der Waals surface area contributed by atoms with Crippen LogP contribution in [0.2, 0.25) is 0 Å². The van der Waals surface area contributed by atoms with Crippen molar-refractivity contribution in [2.75, 3.05) is 18.0 Å². The smallest absolute Gasteiger partial charge is 0.388 e. The lowest BCUT2D eigenvalue weighted by Gasteiger charge is -2.31. The number of halogens is 5. The zero-order chi connectivity index (χ0) is 20.8. The van der Waals surface area contributed by atoms with Gasteiger partial charge in [-0.3, -0.25) is 0 Å². The summed E-state index contributed by atoms with van der Waals surface area (Å²) in [6, 6.07) is 4.59. The van der Waals surface area contributed by atoms with Crippen molar-refractivity contribution in [2.24, 2.45) is 0 Å². The average molecular weight is 411 g/mol. The van der Waals surface area contributed by atoms with Crippen LogP contribution in [0.1, 0.15) is 30.0 Å². The van der Waals surface area contributed by atoms with E-state index in [1.807, 2.05) is 4.90 Å². The first-order chi connectivity index (χ1) is 13.7. The molecule has 1 atom stereocenters. The largest absolute Gasteiger partial charge is 0.574 e. The fourth-order valence-corrected chi connectivity index (χ4v) is 3.95. The number of alkyl halides is 3. The number of nitrogens with one attached hydrogen (secondary N) is 1. The summed E-state index contributed by atoms with van der Waals surface area (Å²) in [6.45, 7) is 2.81. The Balaban J connectivity index is 1.50. The van der Waals surface area contributed by atoms with Crippen LogP contribution in [0, 0.1) is 18.6 Å². The summed E-state index contributed by atoms with van der Waals surface area (Å²) in [6.07, 6.45) is -2.33. The second kappa shape index (κ2) is 7.20. The van der Waals surface area contributed by atoms with Crippen molar-refractivity contribution in [3.05, 3.63) is 64.5 Å². The molecule has 0 aliphatic carbocycles. The maximum absolute atomic E-state index is 14.1. The van der Waals surface area contributed by atoms with Crippen molar-refractivity contribution in [1.29, 1.82) is 0 Å². The van der Waals surface area contributed by atoms with Crippen molar-refractivity contribution in [2.45, 2.75) is 32.2 Å². The van der Waals surface area contributed by atoms with Crippen LogP contribution in [0.5, 0.6) is 5.88 Å². The maximum atomic E-state index is 14.1. The Morgan fingerprint density at radius 2 is 1.93 bits per heavy atom. The van der Waals surface area contributed by atoms with Crippen LogP contribution in [0.15, 0.2) is 41.7 Å². The molecule has 0 saturated heterocycles. The number of benzene rings is 1. The van der Waals surface area contributed by atoms with Gasteiger partial charge in [-0.25, -0.2) is 13.8 Å². The molecular weight excluding hydrogens is 393 g/mol. The van der Waals surface area contributed by atoms with Gasteiger partial charge in [0.1, 0.15) is 11.6 Å². The summed E-state index contributed by atoms with van der Waals surface area (Å²) in [7, 11) is 0. The molecule has 1 unspecified atom stereocenters. The van der Waals surface area contributed by atoms with Crippen LogP contribution in [0.25, 0.3) is 0 Å². The van der Waals surface area contributed by atoms with Gasteiger partial charge in [0.15, 0.2) is 0 Å². The van der Waals surface area contributed by atoms with E-state index in [9.17, 15) is 22.0 Å². The Hall–Kier alpha value is -2.84. The van der Waals surface area contributed by atoms with E-state index in [2.05, 4.69) is 15.0 Å². The van der Waals surface area contributed by atoms with Crippen LogP contribution < -0.4 is 15.0 Å². The van der Waals surface area contributed by atoms with Gasteiger partial charge in [0, 0.05) is 36.8 Å². The molecule has 1 N–H and O–H groups in total. The molecule has 9 heteroatoms. The molecule has 0 saturated carbocycles. The first-order valence-electron chi connectivity index (χ1n) is 9.10. The van der Waals surface area contributed by atoms with Crippen molar-refractivity contribution in [3.63, 3.8) is 0 Å². The van der Waals surface area contributed by atoms with E-state index in [4.69, 9.17) is 0 Å².